The number of carbonyl (C=O) groups is 1. The Hall–Kier alpha value is -1.84. The molecule has 2 aromatic heterocycles. The Balaban J connectivity index is 2.32. The number of hydrogen-bond donors (Lipinski definition) is 0. The molecule has 0 spiro atoms. The van der Waals surface area contributed by atoms with E-state index >= 15 is 0 Å². The fraction of sp³-hybridized carbons (Fsp3) is 0.385. The van der Waals surface area contributed by atoms with Crippen LogP contribution in [0.15, 0.2) is 24.5 Å². The van der Waals surface area contributed by atoms with Crippen molar-refractivity contribution in [2.75, 3.05) is 6.61 Å². The van der Waals surface area contributed by atoms with Gasteiger partial charge < -0.3 is 9.30 Å². The van der Waals surface area contributed by atoms with Crippen molar-refractivity contribution in [2.24, 2.45) is 13.0 Å². The van der Waals surface area contributed by atoms with Crippen LogP contribution < -0.4 is 0 Å². The number of aromatic nitrogens is 2. The first-order valence-electron chi connectivity index (χ1n) is 5.66. The summed E-state index contributed by atoms with van der Waals surface area (Å²) in [5.74, 6) is 0.0596. The summed E-state index contributed by atoms with van der Waals surface area (Å²) in [6.07, 6.45) is 3.48. The molecule has 0 saturated carbocycles. The molecule has 4 heteroatoms. The zero-order valence-corrected chi connectivity index (χ0v) is 10.3. The van der Waals surface area contributed by atoms with Gasteiger partial charge in [-0.3, -0.25) is 0 Å². The van der Waals surface area contributed by atoms with Gasteiger partial charge in [0, 0.05) is 24.8 Å². The predicted octanol–water partition coefficient (Wildman–Crippen LogP) is 2.39. The fourth-order valence-corrected chi connectivity index (χ4v) is 1.70. The minimum Gasteiger partial charge on any atom is -0.462 e. The maximum atomic E-state index is 11.9. The third-order valence-electron chi connectivity index (χ3n) is 2.50. The molecular weight excluding hydrogens is 216 g/mol. The third-order valence-corrected chi connectivity index (χ3v) is 2.50. The summed E-state index contributed by atoms with van der Waals surface area (Å²) in [6.45, 7) is 4.46. The highest BCUT2D eigenvalue weighted by Gasteiger charge is 2.15. The van der Waals surface area contributed by atoms with E-state index in [-0.39, 0.29) is 5.97 Å². The van der Waals surface area contributed by atoms with E-state index < -0.39 is 0 Å². The van der Waals surface area contributed by atoms with Crippen LogP contribution in [0.4, 0.5) is 0 Å². The van der Waals surface area contributed by atoms with Gasteiger partial charge in [-0.2, -0.15) is 0 Å². The maximum absolute atomic E-state index is 11.9. The summed E-state index contributed by atoms with van der Waals surface area (Å²) in [6, 6.07) is 3.70. The normalized spacial score (nSPS) is 11.1. The van der Waals surface area contributed by atoms with Crippen LogP contribution in [0.25, 0.3) is 11.0 Å². The lowest BCUT2D eigenvalue weighted by Gasteiger charge is -2.05. The number of carbonyl (C=O) groups excluding carboxylic acids is 1. The lowest BCUT2D eigenvalue weighted by molar-refractivity contribution is 0.0461. The highest BCUT2D eigenvalue weighted by atomic mass is 16.5. The fourth-order valence-electron chi connectivity index (χ4n) is 1.70. The topological polar surface area (TPSA) is 44.1 Å². The van der Waals surface area contributed by atoms with E-state index in [0.717, 1.165) is 11.0 Å². The molecule has 0 atom stereocenters. The number of esters is 1. The number of hydrogen-bond acceptors (Lipinski definition) is 3. The lowest BCUT2D eigenvalue weighted by Crippen LogP contribution is -2.09. The lowest BCUT2D eigenvalue weighted by atomic mass is 10.2. The van der Waals surface area contributed by atoms with Gasteiger partial charge in [0.1, 0.15) is 5.65 Å². The number of ether oxygens (including phenoxy) is 1. The van der Waals surface area contributed by atoms with Crippen molar-refractivity contribution in [2.45, 2.75) is 13.8 Å². The SMILES string of the molecule is CC(C)COC(=O)c1cn(C)c2ncccc12. The van der Waals surface area contributed by atoms with E-state index in [1.165, 1.54) is 0 Å². The first kappa shape index (κ1) is 11.6. The number of fused-ring (bicyclic) bond motifs is 1. The Bertz CT molecular complexity index is 543. The second-order valence-electron chi connectivity index (χ2n) is 4.52. The van der Waals surface area contributed by atoms with Crippen molar-refractivity contribution in [1.29, 1.82) is 0 Å². The molecule has 0 fully saturated rings. The van der Waals surface area contributed by atoms with Crippen LogP contribution in [0.3, 0.4) is 0 Å². The smallest absolute Gasteiger partial charge is 0.340 e. The second kappa shape index (κ2) is 4.57. The number of rotatable bonds is 3. The minimum absolute atomic E-state index is 0.280. The number of nitrogens with zero attached hydrogens (tertiary/aromatic N) is 2. The number of aryl methyl sites for hydroxylation is 1. The van der Waals surface area contributed by atoms with Crippen molar-refractivity contribution >= 4 is 17.0 Å². The summed E-state index contributed by atoms with van der Waals surface area (Å²) in [4.78, 5) is 16.1. The Morgan fingerprint density at radius 1 is 1.53 bits per heavy atom. The number of pyridine rings is 1. The molecule has 90 valence electrons. The van der Waals surface area contributed by atoms with E-state index in [2.05, 4.69) is 4.98 Å². The highest BCUT2D eigenvalue weighted by Crippen LogP contribution is 2.19. The minimum atomic E-state index is -0.280. The third kappa shape index (κ3) is 2.30. The Kier molecular flexibility index (Phi) is 3.13. The van der Waals surface area contributed by atoms with Crippen LogP contribution >= 0.6 is 0 Å². The van der Waals surface area contributed by atoms with Crippen LogP contribution in [-0.2, 0) is 11.8 Å². The van der Waals surface area contributed by atoms with Gasteiger partial charge in [-0.15, -0.1) is 0 Å². The molecule has 0 bridgehead atoms. The molecule has 17 heavy (non-hydrogen) atoms. The summed E-state index contributed by atoms with van der Waals surface area (Å²) >= 11 is 0. The molecule has 2 rings (SSSR count). The molecular formula is C13H16N2O2. The second-order valence-corrected chi connectivity index (χ2v) is 4.52. The maximum Gasteiger partial charge on any atom is 0.340 e. The van der Waals surface area contributed by atoms with Crippen LogP contribution in [0, 0.1) is 5.92 Å². The van der Waals surface area contributed by atoms with Gasteiger partial charge in [0.15, 0.2) is 0 Å². The molecule has 0 radical (unpaired) electrons. The molecule has 0 amide bonds. The quantitative estimate of drug-likeness (QED) is 0.763. The molecule has 0 aliphatic rings. The first-order valence-corrected chi connectivity index (χ1v) is 5.66. The standard InChI is InChI=1S/C13H16N2O2/c1-9(2)8-17-13(16)11-7-15(3)12-10(11)5-4-6-14-12/h4-7,9H,8H2,1-3H3. The van der Waals surface area contributed by atoms with E-state index in [1.807, 2.05) is 37.6 Å². The molecule has 0 N–H and O–H groups in total. The van der Waals surface area contributed by atoms with Gasteiger partial charge >= 0.3 is 5.97 Å². The molecule has 0 saturated heterocycles. The Labute approximate surface area is 100 Å². The molecule has 0 aliphatic carbocycles. The molecule has 2 aromatic rings. The molecule has 2 heterocycles. The zero-order valence-electron chi connectivity index (χ0n) is 10.3. The van der Waals surface area contributed by atoms with Gasteiger partial charge in [-0.1, -0.05) is 13.8 Å². The van der Waals surface area contributed by atoms with Crippen molar-refractivity contribution in [1.82, 2.24) is 9.55 Å². The van der Waals surface area contributed by atoms with Gasteiger partial charge in [0.25, 0.3) is 0 Å². The van der Waals surface area contributed by atoms with Crippen molar-refractivity contribution in [3.63, 3.8) is 0 Å². The first-order chi connectivity index (χ1) is 8.09. The van der Waals surface area contributed by atoms with Crippen molar-refractivity contribution in [3.05, 3.63) is 30.1 Å². The van der Waals surface area contributed by atoms with Gasteiger partial charge in [-0.05, 0) is 18.1 Å². The summed E-state index contributed by atoms with van der Waals surface area (Å²) < 4.78 is 7.07. The highest BCUT2D eigenvalue weighted by molar-refractivity contribution is 6.03. The monoisotopic (exact) mass is 232 g/mol. The summed E-state index contributed by atoms with van der Waals surface area (Å²) in [5.41, 5.74) is 1.38. The van der Waals surface area contributed by atoms with Crippen LogP contribution in [-0.4, -0.2) is 22.1 Å². The average Bonchev–Trinajstić information content (AvgIpc) is 2.65. The van der Waals surface area contributed by atoms with Gasteiger partial charge in [0.2, 0.25) is 0 Å². The molecule has 4 nitrogen and oxygen atoms in total. The van der Waals surface area contributed by atoms with E-state index in [1.54, 1.807) is 12.4 Å². The van der Waals surface area contributed by atoms with Crippen LogP contribution in [0.5, 0.6) is 0 Å². The van der Waals surface area contributed by atoms with Crippen molar-refractivity contribution < 1.29 is 9.53 Å². The molecule has 0 unspecified atom stereocenters. The van der Waals surface area contributed by atoms with Crippen LogP contribution in [0.1, 0.15) is 24.2 Å². The molecule has 0 aliphatic heterocycles. The summed E-state index contributed by atoms with van der Waals surface area (Å²) in [7, 11) is 1.87. The van der Waals surface area contributed by atoms with E-state index in [9.17, 15) is 4.79 Å². The Morgan fingerprint density at radius 2 is 2.29 bits per heavy atom. The zero-order chi connectivity index (χ0) is 12.4. The van der Waals surface area contributed by atoms with E-state index in [4.69, 9.17) is 4.74 Å². The molecule has 0 aromatic carbocycles. The predicted molar refractivity (Wildman–Crippen MR) is 65.8 cm³/mol. The van der Waals surface area contributed by atoms with Crippen molar-refractivity contribution in [3.8, 4) is 0 Å². The van der Waals surface area contributed by atoms with Crippen LogP contribution in [0.2, 0.25) is 0 Å². The average molecular weight is 232 g/mol. The largest absolute Gasteiger partial charge is 0.462 e. The van der Waals surface area contributed by atoms with E-state index in [0.29, 0.717) is 18.1 Å². The Morgan fingerprint density at radius 3 is 3.00 bits per heavy atom. The summed E-state index contributed by atoms with van der Waals surface area (Å²) in [5, 5.41) is 0.837. The van der Waals surface area contributed by atoms with Gasteiger partial charge in [-0.25, -0.2) is 9.78 Å². The van der Waals surface area contributed by atoms with Gasteiger partial charge in [0.05, 0.1) is 12.2 Å².